The lowest BCUT2D eigenvalue weighted by Crippen LogP contribution is -2.45. The Morgan fingerprint density at radius 2 is 1.96 bits per heavy atom. The molecule has 1 fully saturated rings. The van der Waals surface area contributed by atoms with Gasteiger partial charge in [-0.25, -0.2) is 8.42 Å². The van der Waals surface area contributed by atoms with Crippen molar-refractivity contribution in [2.45, 2.75) is 41.2 Å². The second-order valence-electron chi connectivity index (χ2n) is 6.15. The lowest BCUT2D eigenvalue weighted by atomic mass is 10.2. The number of thiophene rings is 1. The molecule has 2 amide bonds. The third kappa shape index (κ3) is 4.16. The largest absolute Gasteiger partial charge is 0.468 e. The normalized spacial score (nSPS) is 16.3. The minimum atomic E-state index is -3.75. The number of nitrogens with one attached hydrogen (secondary N) is 2. The molecule has 0 bridgehead atoms. The van der Waals surface area contributed by atoms with E-state index in [2.05, 4.69) is 10.6 Å². The van der Waals surface area contributed by atoms with E-state index in [1.165, 1.54) is 12.3 Å². The number of hydrogen-bond acceptors (Lipinski definition) is 6. The van der Waals surface area contributed by atoms with E-state index in [9.17, 15) is 18.0 Å². The summed E-state index contributed by atoms with van der Waals surface area (Å²) in [5.41, 5.74) is 0. The molecular formula is C17H20N2O5S2. The van der Waals surface area contributed by atoms with Crippen molar-refractivity contribution in [2.75, 3.05) is 6.54 Å². The van der Waals surface area contributed by atoms with Gasteiger partial charge in [-0.05, 0) is 36.4 Å². The Morgan fingerprint density at radius 1 is 1.19 bits per heavy atom. The molecule has 1 aliphatic carbocycles. The number of sulfone groups is 1. The van der Waals surface area contributed by atoms with Crippen LogP contribution in [0.1, 0.15) is 36.7 Å². The highest BCUT2D eigenvalue weighted by Gasteiger charge is 2.33. The summed E-state index contributed by atoms with van der Waals surface area (Å²) in [6, 6.07) is 6.29. The molecule has 7 nitrogen and oxygen atoms in total. The van der Waals surface area contributed by atoms with E-state index < -0.39 is 26.9 Å². The lowest BCUT2D eigenvalue weighted by Gasteiger charge is -2.16. The second kappa shape index (κ2) is 8.05. The van der Waals surface area contributed by atoms with Gasteiger partial charge >= 0.3 is 11.8 Å². The topological polar surface area (TPSA) is 105 Å². The Hall–Kier alpha value is -2.13. The van der Waals surface area contributed by atoms with E-state index in [4.69, 9.17) is 4.42 Å². The highest BCUT2D eigenvalue weighted by molar-refractivity contribution is 7.93. The van der Waals surface area contributed by atoms with Gasteiger partial charge in [0, 0.05) is 12.6 Å². The van der Waals surface area contributed by atoms with Crippen molar-refractivity contribution >= 4 is 33.0 Å². The van der Waals surface area contributed by atoms with Crippen molar-refractivity contribution in [3.8, 4) is 0 Å². The quantitative estimate of drug-likeness (QED) is 0.727. The molecular weight excluding hydrogens is 376 g/mol. The van der Waals surface area contributed by atoms with Crippen LogP contribution in [0.15, 0.2) is 44.5 Å². The van der Waals surface area contributed by atoms with Crippen LogP contribution in [0.25, 0.3) is 0 Å². The second-order valence-corrected chi connectivity index (χ2v) is 9.45. The van der Waals surface area contributed by atoms with Crippen LogP contribution in [-0.2, 0) is 19.4 Å². The molecule has 3 rings (SSSR count). The molecule has 2 N–H and O–H groups in total. The standard InChI is InChI=1S/C17H20N2O5S2/c20-16(17(21)19-12-5-1-2-6-12)18-11-14(13-7-3-9-24-13)26(22,23)15-8-4-10-25-15/h3-4,7-10,12,14H,1-2,5-6,11H2,(H,18,20)(H,19,21)/t14-/m0/s1. The van der Waals surface area contributed by atoms with Crippen molar-refractivity contribution in [1.29, 1.82) is 0 Å². The zero-order valence-corrected chi connectivity index (χ0v) is 15.6. The summed E-state index contributed by atoms with van der Waals surface area (Å²) >= 11 is 1.10. The highest BCUT2D eigenvalue weighted by atomic mass is 32.2. The molecule has 0 aliphatic heterocycles. The Balaban J connectivity index is 1.69. The van der Waals surface area contributed by atoms with Crippen molar-refractivity contribution in [3.63, 3.8) is 0 Å². The van der Waals surface area contributed by atoms with Crippen LogP contribution in [0.4, 0.5) is 0 Å². The summed E-state index contributed by atoms with van der Waals surface area (Å²) in [5, 5.41) is 5.68. The van der Waals surface area contributed by atoms with Gasteiger partial charge in [0.25, 0.3) is 0 Å². The summed E-state index contributed by atoms with van der Waals surface area (Å²) < 4.78 is 31.1. The van der Waals surface area contributed by atoms with E-state index in [0.717, 1.165) is 37.0 Å². The van der Waals surface area contributed by atoms with E-state index in [1.54, 1.807) is 23.6 Å². The van der Waals surface area contributed by atoms with Crippen LogP contribution in [0.3, 0.4) is 0 Å². The average molecular weight is 396 g/mol. The maximum absolute atomic E-state index is 12.9. The monoisotopic (exact) mass is 396 g/mol. The van der Waals surface area contributed by atoms with E-state index in [-0.39, 0.29) is 22.6 Å². The number of rotatable bonds is 6. The zero-order valence-electron chi connectivity index (χ0n) is 14.0. The molecule has 1 aliphatic rings. The Morgan fingerprint density at radius 3 is 2.58 bits per heavy atom. The first-order valence-electron chi connectivity index (χ1n) is 8.38. The molecule has 0 aromatic carbocycles. The molecule has 140 valence electrons. The van der Waals surface area contributed by atoms with Gasteiger partial charge in [-0.1, -0.05) is 18.9 Å². The molecule has 2 aromatic rings. The predicted molar refractivity (Wildman–Crippen MR) is 96.4 cm³/mol. The number of amides is 2. The van der Waals surface area contributed by atoms with Crippen molar-refractivity contribution in [1.82, 2.24) is 10.6 Å². The minimum Gasteiger partial charge on any atom is -0.468 e. The van der Waals surface area contributed by atoms with Crippen molar-refractivity contribution in [2.24, 2.45) is 0 Å². The van der Waals surface area contributed by atoms with Gasteiger partial charge in [-0.15, -0.1) is 11.3 Å². The highest BCUT2D eigenvalue weighted by Crippen LogP contribution is 2.31. The first-order chi connectivity index (χ1) is 12.5. The van der Waals surface area contributed by atoms with Gasteiger partial charge in [0.05, 0.1) is 6.26 Å². The molecule has 0 unspecified atom stereocenters. The molecule has 1 saturated carbocycles. The molecule has 1 atom stereocenters. The molecule has 0 saturated heterocycles. The third-order valence-corrected chi connectivity index (χ3v) is 7.85. The van der Waals surface area contributed by atoms with Gasteiger partial charge in [0.2, 0.25) is 0 Å². The van der Waals surface area contributed by atoms with Crippen molar-refractivity contribution < 1.29 is 22.4 Å². The molecule has 2 heterocycles. The molecule has 9 heteroatoms. The molecule has 0 radical (unpaired) electrons. The number of carbonyl (C=O) groups excluding carboxylic acids is 2. The van der Waals surface area contributed by atoms with Gasteiger partial charge in [-0.2, -0.15) is 0 Å². The van der Waals surface area contributed by atoms with Crippen LogP contribution in [0.2, 0.25) is 0 Å². The number of hydrogen-bond donors (Lipinski definition) is 2. The minimum absolute atomic E-state index is 0.0176. The SMILES string of the molecule is O=C(NC[C@@H](c1ccco1)S(=O)(=O)c1cccs1)C(=O)NC1CCCC1. The first kappa shape index (κ1) is 18.7. The predicted octanol–water partition coefficient (Wildman–Crippen LogP) is 2.03. The summed E-state index contributed by atoms with van der Waals surface area (Å²) in [6.07, 6.45) is 5.17. The zero-order chi connectivity index (χ0) is 18.6. The van der Waals surface area contributed by atoms with Crippen LogP contribution >= 0.6 is 11.3 Å². The first-order valence-corrected chi connectivity index (χ1v) is 10.8. The van der Waals surface area contributed by atoms with Crippen LogP contribution < -0.4 is 10.6 Å². The maximum atomic E-state index is 12.9. The summed E-state index contributed by atoms with van der Waals surface area (Å²) in [6.45, 7) is -0.245. The van der Waals surface area contributed by atoms with Gasteiger partial charge < -0.3 is 15.1 Å². The van der Waals surface area contributed by atoms with Gasteiger partial charge in [0.1, 0.15) is 15.2 Å². The molecule has 2 aromatic heterocycles. The summed E-state index contributed by atoms with van der Waals surface area (Å²) in [7, 11) is -3.75. The number of carbonyl (C=O) groups is 2. The smallest absolute Gasteiger partial charge is 0.309 e. The van der Waals surface area contributed by atoms with E-state index >= 15 is 0 Å². The Kier molecular flexibility index (Phi) is 5.77. The fourth-order valence-corrected chi connectivity index (χ4v) is 5.78. The van der Waals surface area contributed by atoms with E-state index in [1.807, 2.05) is 0 Å². The van der Waals surface area contributed by atoms with Crippen LogP contribution in [0, 0.1) is 0 Å². The third-order valence-electron chi connectivity index (χ3n) is 4.36. The van der Waals surface area contributed by atoms with E-state index in [0.29, 0.717) is 0 Å². The molecule has 0 spiro atoms. The average Bonchev–Trinajstić information content (AvgIpc) is 3.37. The number of furan rings is 1. The van der Waals surface area contributed by atoms with Gasteiger partial charge in [0.15, 0.2) is 9.84 Å². The lowest BCUT2D eigenvalue weighted by molar-refractivity contribution is -0.139. The fraction of sp³-hybridized carbons (Fsp3) is 0.412. The Bertz CT molecular complexity index is 838. The summed E-state index contributed by atoms with van der Waals surface area (Å²) in [4.78, 5) is 24.1. The maximum Gasteiger partial charge on any atom is 0.309 e. The van der Waals surface area contributed by atoms with Crippen LogP contribution in [0.5, 0.6) is 0 Å². The molecule has 26 heavy (non-hydrogen) atoms. The van der Waals surface area contributed by atoms with Gasteiger partial charge in [-0.3, -0.25) is 9.59 Å². The fourth-order valence-electron chi connectivity index (χ4n) is 2.99. The summed E-state index contributed by atoms with van der Waals surface area (Å²) in [5.74, 6) is -1.35. The van der Waals surface area contributed by atoms with Crippen LogP contribution in [-0.4, -0.2) is 32.8 Å². The van der Waals surface area contributed by atoms with Crippen molar-refractivity contribution in [3.05, 3.63) is 41.7 Å². The Labute approximate surface area is 155 Å².